The number of nitrogen functional groups attached to an aromatic ring is 1. The van der Waals surface area contributed by atoms with E-state index in [4.69, 9.17) is 15.7 Å². The molecule has 0 aromatic heterocycles. The van der Waals surface area contributed by atoms with Gasteiger partial charge in [0, 0.05) is 36.6 Å². The van der Waals surface area contributed by atoms with Gasteiger partial charge in [-0.15, -0.1) is 0 Å². The number of nitrogens with zero attached hydrogens (tertiary/aromatic N) is 2. The van der Waals surface area contributed by atoms with Gasteiger partial charge < -0.3 is 15.4 Å². The second kappa shape index (κ2) is 6.89. The molecule has 2 N–H and O–H groups in total. The molecule has 0 spiro atoms. The fourth-order valence-corrected chi connectivity index (χ4v) is 1.92. The van der Waals surface area contributed by atoms with Crippen LogP contribution in [0.5, 0.6) is 5.75 Å². The van der Waals surface area contributed by atoms with Crippen LogP contribution in [0.3, 0.4) is 0 Å². The number of hydrogen-bond donors (Lipinski definition) is 1. The largest absolute Gasteiger partial charge is 0.491 e. The molecule has 0 bridgehead atoms. The van der Waals surface area contributed by atoms with Gasteiger partial charge in [0.25, 0.3) is 0 Å². The number of nitriles is 1. The molecule has 0 saturated heterocycles. The lowest BCUT2D eigenvalue weighted by molar-refractivity contribution is 0.242. The third-order valence-corrected chi connectivity index (χ3v) is 2.75. The molecule has 0 saturated carbocycles. The molecular formula is C15H23N3O. The van der Waals surface area contributed by atoms with Crippen molar-refractivity contribution in [2.24, 2.45) is 5.92 Å². The predicted octanol–water partition coefficient (Wildman–Crippen LogP) is 3.04. The number of benzene rings is 1. The van der Waals surface area contributed by atoms with Crippen molar-refractivity contribution in [1.82, 2.24) is 0 Å². The van der Waals surface area contributed by atoms with Crippen LogP contribution >= 0.6 is 0 Å². The third-order valence-electron chi connectivity index (χ3n) is 2.75. The summed E-state index contributed by atoms with van der Waals surface area (Å²) >= 11 is 0. The van der Waals surface area contributed by atoms with Crippen molar-refractivity contribution < 1.29 is 4.74 Å². The summed E-state index contributed by atoms with van der Waals surface area (Å²) in [6.07, 6.45) is 0.114. The number of nitrogens with two attached hydrogens (primary N) is 1. The summed E-state index contributed by atoms with van der Waals surface area (Å²) in [4.78, 5) is 2.14. The van der Waals surface area contributed by atoms with Crippen molar-refractivity contribution in [3.8, 4) is 11.8 Å². The SMILES string of the molecule is CCN(CC(C)C#N)c1cc(N)cc(OC(C)C)c1. The highest BCUT2D eigenvalue weighted by Gasteiger charge is 2.11. The third kappa shape index (κ3) is 4.70. The maximum atomic E-state index is 8.93. The van der Waals surface area contributed by atoms with E-state index in [0.717, 1.165) is 18.0 Å². The minimum absolute atomic E-state index is 0.0177. The Labute approximate surface area is 115 Å². The first-order chi connectivity index (χ1) is 8.96. The molecule has 0 amide bonds. The summed E-state index contributed by atoms with van der Waals surface area (Å²) in [6, 6.07) is 7.97. The van der Waals surface area contributed by atoms with Crippen LogP contribution in [0.2, 0.25) is 0 Å². The quantitative estimate of drug-likeness (QED) is 0.799. The molecule has 0 aliphatic carbocycles. The first-order valence-corrected chi connectivity index (χ1v) is 6.68. The molecule has 4 nitrogen and oxygen atoms in total. The predicted molar refractivity (Wildman–Crippen MR) is 79.3 cm³/mol. The van der Waals surface area contributed by atoms with E-state index >= 15 is 0 Å². The molecule has 104 valence electrons. The Balaban J connectivity index is 2.97. The van der Waals surface area contributed by atoms with Gasteiger partial charge >= 0.3 is 0 Å². The minimum Gasteiger partial charge on any atom is -0.491 e. The summed E-state index contributed by atoms with van der Waals surface area (Å²) in [6.45, 7) is 9.47. The Morgan fingerprint density at radius 2 is 2.00 bits per heavy atom. The molecule has 19 heavy (non-hydrogen) atoms. The van der Waals surface area contributed by atoms with Gasteiger partial charge in [0.2, 0.25) is 0 Å². The van der Waals surface area contributed by atoms with Crippen LogP contribution in [0.25, 0.3) is 0 Å². The van der Waals surface area contributed by atoms with Crippen molar-refractivity contribution in [2.45, 2.75) is 33.8 Å². The lowest BCUT2D eigenvalue weighted by Gasteiger charge is -2.25. The molecule has 1 unspecified atom stereocenters. The molecule has 0 aliphatic heterocycles. The summed E-state index contributed by atoms with van der Waals surface area (Å²) in [5.41, 5.74) is 7.60. The van der Waals surface area contributed by atoms with Crippen LogP contribution in [0, 0.1) is 17.2 Å². The molecule has 0 radical (unpaired) electrons. The van der Waals surface area contributed by atoms with Crippen LogP contribution in [0.15, 0.2) is 18.2 Å². The summed E-state index contributed by atoms with van der Waals surface area (Å²) in [7, 11) is 0. The van der Waals surface area contributed by atoms with Crippen molar-refractivity contribution in [3.05, 3.63) is 18.2 Å². The van der Waals surface area contributed by atoms with Crippen LogP contribution in [0.1, 0.15) is 27.7 Å². The van der Waals surface area contributed by atoms with Crippen LogP contribution in [-0.4, -0.2) is 19.2 Å². The molecule has 1 aromatic carbocycles. The molecule has 1 atom stereocenters. The zero-order valence-corrected chi connectivity index (χ0v) is 12.2. The molecule has 0 fully saturated rings. The van der Waals surface area contributed by atoms with Gasteiger partial charge in [0.15, 0.2) is 0 Å². The average molecular weight is 261 g/mol. The van der Waals surface area contributed by atoms with Crippen LogP contribution in [-0.2, 0) is 0 Å². The van der Waals surface area contributed by atoms with E-state index in [1.807, 2.05) is 39.0 Å². The highest BCUT2D eigenvalue weighted by molar-refractivity contribution is 5.60. The first-order valence-electron chi connectivity index (χ1n) is 6.68. The van der Waals surface area contributed by atoms with E-state index in [2.05, 4.69) is 17.9 Å². The normalized spacial score (nSPS) is 12.0. The molecular weight excluding hydrogens is 238 g/mol. The summed E-state index contributed by atoms with van der Waals surface area (Å²) in [5.74, 6) is 0.754. The van der Waals surface area contributed by atoms with Crippen molar-refractivity contribution in [3.63, 3.8) is 0 Å². The van der Waals surface area contributed by atoms with Crippen molar-refractivity contribution in [2.75, 3.05) is 23.7 Å². The Hall–Kier alpha value is -1.89. The van der Waals surface area contributed by atoms with Gasteiger partial charge in [-0.1, -0.05) is 0 Å². The highest BCUT2D eigenvalue weighted by Crippen LogP contribution is 2.26. The summed E-state index contributed by atoms with van der Waals surface area (Å²) in [5, 5.41) is 8.93. The topological polar surface area (TPSA) is 62.3 Å². The lowest BCUT2D eigenvalue weighted by atomic mass is 10.1. The number of rotatable bonds is 6. The Bertz CT molecular complexity index is 451. The highest BCUT2D eigenvalue weighted by atomic mass is 16.5. The van der Waals surface area contributed by atoms with Crippen molar-refractivity contribution in [1.29, 1.82) is 5.26 Å². The average Bonchev–Trinajstić information content (AvgIpc) is 2.33. The Morgan fingerprint density at radius 1 is 1.32 bits per heavy atom. The minimum atomic E-state index is -0.0177. The smallest absolute Gasteiger partial charge is 0.123 e. The lowest BCUT2D eigenvalue weighted by Crippen LogP contribution is -2.27. The first kappa shape index (κ1) is 15.2. The fourth-order valence-electron chi connectivity index (χ4n) is 1.92. The fraction of sp³-hybridized carbons (Fsp3) is 0.533. The number of hydrogen-bond acceptors (Lipinski definition) is 4. The van der Waals surface area contributed by atoms with Gasteiger partial charge in [0.05, 0.1) is 18.1 Å². The van der Waals surface area contributed by atoms with E-state index < -0.39 is 0 Å². The van der Waals surface area contributed by atoms with E-state index in [1.54, 1.807) is 0 Å². The van der Waals surface area contributed by atoms with E-state index in [9.17, 15) is 0 Å². The van der Waals surface area contributed by atoms with Gasteiger partial charge in [-0.3, -0.25) is 0 Å². The Morgan fingerprint density at radius 3 is 2.53 bits per heavy atom. The molecule has 0 aliphatic rings. The second-order valence-corrected chi connectivity index (χ2v) is 5.00. The number of ether oxygens (including phenoxy) is 1. The van der Waals surface area contributed by atoms with E-state index in [-0.39, 0.29) is 12.0 Å². The molecule has 0 heterocycles. The van der Waals surface area contributed by atoms with Gasteiger partial charge in [0.1, 0.15) is 5.75 Å². The monoisotopic (exact) mass is 261 g/mol. The van der Waals surface area contributed by atoms with Gasteiger partial charge in [-0.05, 0) is 33.8 Å². The zero-order valence-electron chi connectivity index (χ0n) is 12.2. The number of anilines is 2. The van der Waals surface area contributed by atoms with Gasteiger partial charge in [-0.25, -0.2) is 0 Å². The van der Waals surface area contributed by atoms with E-state index in [0.29, 0.717) is 12.2 Å². The maximum absolute atomic E-state index is 8.93. The van der Waals surface area contributed by atoms with E-state index in [1.165, 1.54) is 0 Å². The standard InChI is InChI=1S/C15H23N3O/c1-5-18(10-12(4)9-16)14-6-13(17)7-15(8-14)19-11(2)3/h6-8,11-12H,5,10,17H2,1-4H3. The molecule has 4 heteroatoms. The Kier molecular flexibility index (Phi) is 5.50. The van der Waals surface area contributed by atoms with Crippen LogP contribution < -0.4 is 15.4 Å². The molecule has 1 rings (SSSR count). The maximum Gasteiger partial charge on any atom is 0.123 e. The van der Waals surface area contributed by atoms with Crippen LogP contribution in [0.4, 0.5) is 11.4 Å². The molecule has 1 aromatic rings. The second-order valence-electron chi connectivity index (χ2n) is 5.00. The van der Waals surface area contributed by atoms with Crippen molar-refractivity contribution >= 4 is 11.4 Å². The zero-order chi connectivity index (χ0) is 14.4. The van der Waals surface area contributed by atoms with Gasteiger partial charge in [-0.2, -0.15) is 5.26 Å². The summed E-state index contributed by atoms with van der Waals surface area (Å²) < 4.78 is 5.69.